The number of carbonyl (C=O) groups excluding carboxylic acids is 2. The van der Waals surface area contributed by atoms with Gasteiger partial charge in [0.05, 0.1) is 10.2 Å². The van der Waals surface area contributed by atoms with Gasteiger partial charge in [-0.25, -0.2) is 4.39 Å². The number of carbonyl (C=O) groups is 2. The quantitative estimate of drug-likeness (QED) is 0.179. The van der Waals surface area contributed by atoms with E-state index in [0.717, 1.165) is 46.4 Å². The van der Waals surface area contributed by atoms with Crippen molar-refractivity contribution in [2.24, 2.45) is 5.73 Å². The second-order valence-corrected chi connectivity index (χ2v) is 12.5. The number of ether oxygens (including phenoxy) is 1. The molecule has 2 aromatic heterocycles. The van der Waals surface area contributed by atoms with Crippen LogP contribution in [0.2, 0.25) is 0 Å². The highest BCUT2D eigenvalue weighted by Crippen LogP contribution is 2.40. The third kappa shape index (κ3) is 6.88. The van der Waals surface area contributed by atoms with Crippen LogP contribution in [0.25, 0.3) is 20.7 Å². The molecule has 0 bridgehead atoms. The van der Waals surface area contributed by atoms with Crippen LogP contribution in [0.15, 0.2) is 91.1 Å². The molecule has 0 saturated carbocycles. The van der Waals surface area contributed by atoms with E-state index in [1.165, 1.54) is 35.5 Å². The second-order valence-electron chi connectivity index (χ2n) is 11.5. The topological polar surface area (TPSA) is 101 Å². The molecule has 3 aromatic carbocycles. The number of benzene rings is 3. The Morgan fingerprint density at radius 1 is 1.07 bits per heavy atom. The minimum atomic E-state index is -1.38. The Kier molecular flexibility index (Phi) is 8.88. The second kappa shape index (κ2) is 13.2. The summed E-state index contributed by atoms with van der Waals surface area (Å²) in [4.78, 5) is 35.4. The fourth-order valence-electron chi connectivity index (χ4n) is 5.63. The van der Waals surface area contributed by atoms with Crippen LogP contribution in [-0.2, 0) is 16.1 Å². The molecular formula is C35H34FN5O3S. The van der Waals surface area contributed by atoms with Crippen molar-refractivity contribution in [1.29, 1.82) is 0 Å². The molecule has 1 aliphatic heterocycles. The lowest BCUT2D eigenvalue weighted by Crippen LogP contribution is -2.32. The summed E-state index contributed by atoms with van der Waals surface area (Å²) in [6.45, 7) is 3.12. The number of amides is 2. The maximum Gasteiger partial charge on any atom is 0.241 e. The smallest absolute Gasteiger partial charge is 0.241 e. The van der Waals surface area contributed by atoms with Gasteiger partial charge in [0.2, 0.25) is 11.8 Å². The number of fused-ring (bicyclic) bond motifs is 1. The number of thiophene rings is 1. The van der Waals surface area contributed by atoms with Crippen LogP contribution in [0.4, 0.5) is 10.1 Å². The van der Waals surface area contributed by atoms with E-state index in [4.69, 9.17) is 10.5 Å². The molecular weight excluding hydrogens is 589 g/mol. The molecule has 0 spiro atoms. The van der Waals surface area contributed by atoms with Crippen LogP contribution in [0.1, 0.15) is 23.5 Å². The number of likely N-dealkylation sites (N-methyl/N-ethyl adjacent to an activating group) is 1. The molecule has 1 aliphatic rings. The summed E-state index contributed by atoms with van der Waals surface area (Å²) in [5.74, 6) is -3.23. The zero-order valence-corrected chi connectivity index (χ0v) is 25.9. The van der Waals surface area contributed by atoms with Gasteiger partial charge in [-0.2, -0.15) is 0 Å². The zero-order valence-electron chi connectivity index (χ0n) is 25.1. The van der Waals surface area contributed by atoms with Gasteiger partial charge in [0, 0.05) is 48.5 Å². The Hall–Kier alpha value is -4.64. The Morgan fingerprint density at radius 2 is 1.84 bits per heavy atom. The van der Waals surface area contributed by atoms with Gasteiger partial charge in [-0.05, 0) is 67.5 Å². The van der Waals surface area contributed by atoms with Crippen molar-refractivity contribution in [3.8, 4) is 21.9 Å². The molecule has 6 rings (SSSR count). The van der Waals surface area contributed by atoms with E-state index < -0.39 is 23.5 Å². The summed E-state index contributed by atoms with van der Waals surface area (Å²) in [5.41, 5.74) is 9.26. The maximum atomic E-state index is 15.3. The first kappa shape index (κ1) is 30.4. The third-order valence-electron chi connectivity index (χ3n) is 8.10. The monoisotopic (exact) mass is 623 g/mol. The van der Waals surface area contributed by atoms with Crippen molar-refractivity contribution in [1.82, 2.24) is 14.8 Å². The molecule has 2 unspecified atom stereocenters. The van der Waals surface area contributed by atoms with Crippen molar-refractivity contribution in [3.05, 3.63) is 108 Å². The number of hydrogen-bond acceptors (Lipinski definition) is 7. The van der Waals surface area contributed by atoms with Gasteiger partial charge < -0.3 is 20.7 Å². The van der Waals surface area contributed by atoms with Gasteiger partial charge in [0.1, 0.15) is 11.7 Å². The molecule has 0 radical (unpaired) electrons. The summed E-state index contributed by atoms with van der Waals surface area (Å²) in [6, 6.07) is 25.6. The first-order valence-corrected chi connectivity index (χ1v) is 15.6. The van der Waals surface area contributed by atoms with E-state index >= 15 is 4.39 Å². The largest absolute Gasteiger partial charge is 0.453 e. The van der Waals surface area contributed by atoms with Crippen molar-refractivity contribution in [2.45, 2.75) is 24.9 Å². The van der Waals surface area contributed by atoms with Gasteiger partial charge in [-0.15, -0.1) is 11.3 Å². The number of halogens is 1. The molecule has 0 aliphatic carbocycles. The Bertz CT molecular complexity index is 1830. The lowest BCUT2D eigenvalue weighted by atomic mass is 9.97. The van der Waals surface area contributed by atoms with Crippen molar-refractivity contribution in [2.75, 3.05) is 32.5 Å². The van der Waals surface area contributed by atoms with Gasteiger partial charge in [-0.3, -0.25) is 19.5 Å². The zero-order chi connectivity index (χ0) is 31.5. The number of pyridine rings is 1. The number of nitrogens with zero attached hydrogens (tertiary/aromatic N) is 3. The van der Waals surface area contributed by atoms with Crippen LogP contribution in [0.3, 0.4) is 0 Å². The van der Waals surface area contributed by atoms with Crippen LogP contribution in [0.5, 0.6) is 11.5 Å². The summed E-state index contributed by atoms with van der Waals surface area (Å²) in [5, 5.41) is 2.65. The molecule has 45 heavy (non-hydrogen) atoms. The SMILES string of the molecule is CN(C)C1CCN(Cc2ccc(-c3cc4nccc(Oc5ccc(C(C(N)=O)C(=O)Nc6ccccc6)cc5F)c4s3)cc2)C1. The number of hydrogen-bond donors (Lipinski definition) is 2. The number of para-hydroxylation sites is 1. The van der Waals surface area contributed by atoms with Crippen molar-refractivity contribution < 1.29 is 18.7 Å². The highest BCUT2D eigenvalue weighted by atomic mass is 32.1. The van der Waals surface area contributed by atoms with Crippen LogP contribution in [-0.4, -0.2) is 59.8 Å². The maximum absolute atomic E-state index is 15.3. The number of primary amides is 1. The molecule has 5 aromatic rings. The Labute approximate surface area is 265 Å². The van der Waals surface area contributed by atoms with Crippen molar-refractivity contribution in [3.63, 3.8) is 0 Å². The fourth-order valence-corrected chi connectivity index (χ4v) is 6.70. The predicted molar refractivity (Wildman–Crippen MR) is 176 cm³/mol. The molecule has 2 amide bonds. The third-order valence-corrected chi connectivity index (χ3v) is 9.28. The number of nitrogens with one attached hydrogen (secondary N) is 1. The lowest BCUT2D eigenvalue weighted by Gasteiger charge is -2.20. The minimum Gasteiger partial charge on any atom is -0.453 e. The van der Waals surface area contributed by atoms with Crippen LogP contribution >= 0.6 is 11.3 Å². The predicted octanol–water partition coefficient (Wildman–Crippen LogP) is 6.24. The molecule has 3 heterocycles. The van der Waals surface area contributed by atoms with Gasteiger partial charge in [0.25, 0.3) is 0 Å². The normalized spacial score (nSPS) is 15.8. The number of anilines is 1. The summed E-state index contributed by atoms with van der Waals surface area (Å²) >= 11 is 1.52. The lowest BCUT2D eigenvalue weighted by molar-refractivity contribution is -0.127. The first-order chi connectivity index (χ1) is 21.7. The van der Waals surface area contributed by atoms with Gasteiger partial charge >= 0.3 is 0 Å². The minimum absolute atomic E-state index is 0.0457. The highest BCUT2D eigenvalue weighted by Gasteiger charge is 2.28. The first-order valence-electron chi connectivity index (χ1n) is 14.7. The molecule has 230 valence electrons. The standard InChI is InChI=1S/C35H34FN5O3S/c1-40(2)26-15-17-41(21-26)20-22-8-10-23(11-9-22)31-19-28-33(45-31)30(14-16-38-28)44-29-13-12-24(18-27(29)36)32(34(37)42)35(43)39-25-6-4-3-5-7-25/h3-14,16,18-19,26,32H,15,17,20-21H2,1-2H3,(H2,37,42)(H,39,43). The van der Waals surface area contributed by atoms with Gasteiger partial charge in [0.15, 0.2) is 11.6 Å². The molecule has 10 heteroatoms. The fraction of sp³-hybridized carbons (Fsp3) is 0.229. The van der Waals surface area contributed by atoms with E-state index in [1.54, 1.807) is 42.6 Å². The number of rotatable bonds is 10. The van der Waals surface area contributed by atoms with Crippen LogP contribution < -0.4 is 15.8 Å². The molecule has 1 fully saturated rings. The molecule has 3 N–H and O–H groups in total. The molecule has 2 atom stereocenters. The van der Waals surface area contributed by atoms with Crippen LogP contribution in [0, 0.1) is 5.82 Å². The average molecular weight is 624 g/mol. The van der Waals surface area contributed by atoms with E-state index in [-0.39, 0.29) is 11.3 Å². The molecule has 8 nitrogen and oxygen atoms in total. The highest BCUT2D eigenvalue weighted by molar-refractivity contribution is 7.22. The van der Waals surface area contributed by atoms with E-state index in [0.29, 0.717) is 17.5 Å². The Morgan fingerprint density at radius 3 is 2.53 bits per heavy atom. The van der Waals surface area contributed by atoms with E-state index in [9.17, 15) is 9.59 Å². The van der Waals surface area contributed by atoms with Crippen molar-refractivity contribution >= 4 is 39.1 Å². The number of likely N-dealkylation sites (tertiary alicyclic amines) is 1. The molecule has 1 saturated heterocycles. The van der Waals surface area contributed by atoms with Gasteiger partial charge in [-0.1, -0.05) is 48.5 Å². The Balaban J connectivity index is 1.17. The number of aromatic nitrogens is 1. The summed E-state index contributed by atoms with van der Waals surface area (Å²) in [6.07, 6.45) is 2.82. The number of nitrogens with two attached hydrogens (primary N) is 1. The summed E-state index contributed by atoms with van der Waals surface area (Å²) in [7, 11) is 4.28. The van der Waals surface area contributed by atoms with E-state index in [1.807, 2.05) is 6.07 Å². The summed E-state index contributed by atoms with van der Waals surface area (Å²) < 4.78 is 22.1. The average Bonchev–Trinajstić information content (AvgIpc) is 3.68. The van der Waals surface area contributed by atoms with E-state index in [2.05, 4.69) is 58.5 Å².